The monoisotopic (exact) mass is 682 g/mol. The average molecular weight is 683 g/mol. The van der Waals surface area contributed by atoms with Gasteiger partial charge in [-0.2, -0.15) is 0 Å². The summed E-state index contributed by atoms with van der Waals surface area (Å²) in [6, 6.07) is 6.84. The van der Waals surface area contributed by atoms with Gasteiger partial charge in [-0.15, -0.1) is 0 Å². The van der Waals surface area contributed by atoms with Crippen LogP contribution in [0.2, 0.25) is 22.2 Å². The van der Waals surface area contributed by atoms with E-state index in [9.17, 15) is 9.59 Å². The largest absolute Gasteiger partial charge is 0.414 e. The van der Waals surface area contributed by atoms with E-state index >= 15 is 0 Å². The number of anilines is 1. The predicted octanol–water partition coefficient (Wildman–Crippen LogP) is 4.94. The molecule has 47 heavy (non-hydrogen) atoms. The maximum atomic E-state index is 13.1. The van der Waals surface area contributed by atoms with Crippen LogP contribution in [0.15, 0.2) is 36.9 Å². The Labute approximate surface area is 277 Å². The second kappa shape index (κ2) is 12.8. The maximum Gasteiger partial charge on any atom is 0.335 e. The van der Waals surface area contributed by atoms with Crippen molar-refractivity contribution >= 4 is 45.9 Å². The summed E-state index contributed by atoms with van der Waals surface area (Å²) in [6.45, 7) is 17.7. The van der Waals surface area contributed by atoms with E-state index in [1.54, 1.807) is 35.2 Å². The highest BCUT2D eigenvalue weighted by molar-refractivity contribution is 6.84. The fourth-order valence-electron chi connectivity index (χ4n) is 7.30. The molecule has 0 aliphatic carbocycles. The summed E-state index contributed by atoms with van der Waals surface area (Å²) in [4.78, 5) is 40.5. The number of carbonyl (C=O) groups excluding carboxylic acids is 2. The number of ether oxygens (including phenoxy) is 2. The van der Waals surface area contributed by atoms with Gasteiger partial charge in [0.25, 0.3) is 11.8 Å². The molecule has 2 aromatic heterocycles. The Balaban J connectivity index is 1.37. The number of carbonyl (C=O) groups is 2. The van der Waals surface area contributed by atoms with Crippen LogP contribution in [0.3, 0.4) is 0 Å². The van der Waals surface area contributed by atoms with Gasteiger partial charge in [-0.25, -0.2) is 15.0 Å². The second-order valence-corrected chi connectivity index (χ2v) is 22.7. The molecule has 13 nitrogen and oxygen atoms in total. The van der Waals surface area contributed by atoms with Crippen molar-refractivity contribution in [1.82, 2.24) is 24.4 Å². The van der Waals surface area contributed by atoms with E-state index < -0.39 is 41.7 Å². The van der Waals surface area contributed by atoms with Crippen LogP contribution >= 0.6 is 0 Å². The van der Waals surface area contributed by atoms with Crippen LogP contribution in [0.5, 0.6) is 0 Å². The third-order valence-corrected chi connectivity index (χ3v) is 20.0. The van der Waals surface area contributed by atoms with E-state index in [1.165, 1.54) is 11.2 Å². The Morgan fingerprint density at radius 1 is 0.915 bits per heavy atom. The lowest BCUT2D eigenvalue weighted by Crippen LogP contribution is -2.66. The smallest absolute Gasteiger partial charge is 0.335 e. The topological polar surface area (TPSA) is 153 Å². The van der Waals surface area contributed by atoms with Crippen LogP contribution in [0.4, 0.5) is 5.82 Å². The Hall–Kier alpha value is -3.06. The molecular formula is C32H46N6O7Si2. The number of fused-ring (bicyclic) bond motifs is 3. The first-order valence-corrected chi connectivity index (χ1v) is 20.4. The SMILES string of the molecule is CC(C)[Si]1(C(C)C)OC[C@H]2O[C@@H](n3cnc4c(N)ncnc43)[C@H](OCCN3C(=O)c4ccccc4C3=O)[C@@H]2O[Si](C(C)C)(C(C)C)O1. The van der Waals surface area contributed by atoms with Gasteiger partial charge in [0, 0.05) is 0 Å². The molecule has 0 unspecified atom stereocenters. The Morgan fingerprint density at radius 3 is 2.13 bits per heavy atom. The molecule has 15 heteroatoms. The first-order chi connectivity index (χ1) is 22.3. The minimum Gasteiger partial charge on any atom is -0.414 e. The fraction of sp³-hybridized carbons (Fsp3) is 0.594. The molecule has 3 aliphatic heterocycles. The van der Waals surface area contributed by atoms with E-state index in [1.807, 2.05) is 0 Å². The molecule has 3 aliphatic rings. The van der Waals surface area contributed by atoms with Crippen molar-refractivity contribution in [3.05, 3.63) is 48.0 Å². The van der Waals surface area contributed by atoms with E-state index in [0.717, 1.165) is 0 Å². The second-order valence-electron chi connectivity index (χ2n) is 13.8. The molecule has 254 valence electrons. The predicted molar refractivity (Wildman–Crippen MR) is 179 cm³/mol. The van der Waals surface area contributed by atoms with Crippen molar-refractivity contribution < 1.29 is 32.0 Å². The van der Waals surface area contributed by atoms with Crippen molar-refractivity contribution in [3.8, 4) is 0 Å². The van der Waals surface area contributed by atoms with Crippen molar-refractivity contribution in [1.29, 1.82) is 0 Å². The molecule has 2 N–H and O–H groups in total. The van der Waals surface area contributed by atoms with Gasteiger partial charge in [-0.05, 0) is 34.3 Å². The molecule has 0 bridgehead atoms. The van der Waals surface area contributed by atoms with Gasteiger partial charge in [-0.3, -0.25) is 19.1 Å². The molecule has 4 atom stereocenters. The molecule has 5 heterocycles. The highest BCUT2D eigenvalue weighted by Gasteiger charge is 2.62. The van der Waals surface area contributed by atoms with Gasteiger partial charge in [-0.1, -0.05) is 67.5 Å². The van der Waals surface area contributed by atoms with Gasteiger partial charge in [0.05, 0.1) is 37.2 Å². The molecule has 0 spiro atoms. The minimum atomic E-state index is -3.03. The molecule has 0 saturated carbocycles. The number of hydrogen-bond acceptors (Lipinski definition) is 11. The molecule has 1 aromatic carbocycles. The number of benzene rings is 1. The molecule has 2 saturated heterocycles. The van der Waals surface area contributed by atoms with Crippen molar-refractivity contribution in [2.45, 2.75) is 102 Å². The molecule has 0 radical (unpaired) electrons. The zero-order valence-corrected chi connectivity index (χ0v) is 30.4. The highest BCUT2D eigenvalue weighted by atomic mass is 28.5. The average Bonchev–Trinajstić information content (AvgIpc) is 3.66. The number of amides is 2. The standard InChI is InChI=1S/C32H46N6O7Si2/c1-18(2)46(19(3)4)42-15-24-26(44-47(45-46,20(5)6)21(7)8)27(32(43-24)38-17-36-25-28(33)34-16-35-29(25)38)41-14-13-37-30(39)22-11-9-10-12-23(22)31(37)40/h9-12,16-21,24,26-27,32H,13-15H2,1-8H3,(H2,33,34,35)/t24-,26-,27-,32-/m1/s1. The van der Waals surface area contributed by atoms with Gasteiger partial charge < -0.3 is 28.2 Å². The summed E-state index contributed by atoms with van der Waals surface area (Å²) in [6.07, 6.45) is 0.509. The van der Waals surface area contributed by atoms with Crippen LogP contribution in [0.25, 0.3) is 11.2 Å². The quantitative estimate of drug-likeness (QED) is 0.241. The first kappa shape index (κ1) is 33.8. The zero-order chi connectivity index (χ0) is 33.8. The van der Waals surface area contributed by atoms with Gasteiger partial charge in [0.1, 0.15) is 30.2 Å². The van der Waals surface area contributed by atoms with Crippen molar-refractivity contribution in [2.24, 2.45) is 0 Å². The number of nitrogens with two attached hydrogens (primary N) is 1. The third-order valence-electron chi connectivity index (χ3n) is 9.78. The number of aromatic nitrogens is 4. The number of imidazole rings is 1. The maximum absolute atomic E-state index is 13.1. The number of hydrogen-bond donors (Lipinski definition) is 1. The lowest BCUT2D eigenvalue weighted by molar-refractivity contribution is -0.0704. The van der Waals surface area contributed by atoms with Gasteiger partial charge in [0.2, 0.25) is 0 Å². The Kier molecular flexibility index (Phi) is 9.19. The Morgan fingerprint density at radius 2 is 1.53 bits per heavy atom. The summed E-state index contributed by atoms with van der Waals surface area (Å²) >= 11 is 0. The van der Waals surface area contributed by atoms with E-state index in [2.05, 4.69) is 70.3 Å². The van der Waals surface area contributed by atoms with E-state index in [0.29, 0.717) is 22.3 Å². The van der Waals surface area contributed by atoms with Crippen LogP contribution in [0, 0.1) is 0 Å². The van der Waals surface area contributed by atoms with Crippen molar-refractivity contribution in [3.63, 3.8) is 0 Å². The van der Waals surface area contributed by atoms with Crippen LogP contribution in [-0.4, -0.2) is 91.4 Å². The van der Waals surface area contributed by atoms with Crippen LogP contribution in [-0.2, 0) is 22.4 Å². The zero-order valence-electron chi connectivity index (χ0n) is 28.4. The summed E-state index contributed by atoms with van der Waals surface area (Å²) in [7, 11) is -5.84. The first-order valence-electron chi connectivity index (χ1n) is 16.5. The lowest BCUT2D eigenvalue weighted by atomic mass is 10.1. The van der Waals surface area contributed by atoms with Crippen LogP contribution < -0.4 is 5.73 Å². The van der Waals surface area contributed by atoms with Gasteiger partial charge in [0.15, 0.2) is 17.7 Å². The number of rotatable bonds is 9. The molecular weight excluding hydrogens is 637 g/mol. The number of nitrogens with zero attached hydrogens (tertiary/aromatic N) is 5. The van der Waals surface area contributed by atoms with E-state index in [-0.39, 0.29) is 59.6 Å². The molecule has 6 rings (SSSR count). The molecule has 3 aromatic rings. The number of imide groups is 1. The molecule has 2 fully saturated rings. The molecule has 2 amide bonds. The normalized spacial score (nSPS) is 25.7. The highest BCUT2D eigenvalue weighted by Crippen LogP contribution is 2.49. The number of nitrogen functional groups attached to an aromatic ring is 1. The summed E-state index contributed by atoms with van der Waals surface area (Å²) < 4.78 is 37.0. The summed E-state index contributed by atoms with van der Waals surface area (Å²) in [5.41, 5.74) is 8.41. The minimum absolute atomic E-state index is 0.0582. The fourth-order valence-corrected chi connectivity index (χ4v) is 18.5. The van der Waals surface area contributed by atoms with E-state index in [4.69, 9.17) is 28.2 Å². The lowest BCUT2D eigenvalue weighted by Gasteiger charge is -2.51. The van der Waals surface area contributed by atoms with Gasteiger partial charge >= 0.3 is 17.1 Å². The third kappa shape index (κ3) is 5.54. The van der Waals surface area contributed by atoms with Crippen LogP contribution in [0.1, 0.15) is 82.3 Å². The Bertz CT molecular complexity index is 1600. The van der Waals surface area contributed by atoms with Crippen molar-refractivity contribution in [2.75, 3.05) is 25.5 Å². The summed E-state index contributed by atoms with van der Waals surface area (Å²) in [5.74, 6) is -0.417. The summed E-state index contributed by atoms with van der Waals surface area (Å²) in [5, 5.41) is 0.